The van der Waals surface area contributed by atoms with Crippen molar-refractivity contribution in [2.75, 3.05) is 0 Å². The van der Waals surface area contributed by atoms with Crippen molar-refractivity contribution < 1.29 is 14.3 Å². The summed E-state index contributed by atoms with van der Waals surface area (Å²) in [6, 6.07) is 14.0. The van der Waals surface area contributed by atoms with Gasteiger partial charge in [0.05, 0.1) is 11.7 Å². The standard InChI is InChI=1S/C19H20FNO2/c20-17-8-4-7-16(13-5-2-1-3-6-13)18(17)19(23)21-14-9-11-15(22)12-10-14/h1-8,14-15,22H,9-12H2,(H,21,23). The van der Waals surface area contributed by atoms with Crippen LogP contribution in [-0.4, -0.2) is 23.2 Å². The molecule has 0 aromatic heterocycles. The third-order valence-electron chi connectivity index (χ3n) is 4.36. The van der Waals surface area contributed by atoms with E-state index in [0.717, 1.165) is 18.4 Å². The van der Waals surface area contributed by atoms with Crippen molar-refractivity contribution in [3.8, 4) is 11.1 Å². The molecule has 2 aromatic carbocycles. The number of hydrogen-bond donors (Lipinski definition) is 2. The topological polar surface area (TPSA) is 49.3 Å². The minimum Gasteiger partial charge on any atom is -0.393 e. The Morgan fingerprint density at radius 3 is 2.39 bits per heavy atom. The van der Waals surface area contributed by atoms with Crippen LogP contribution >= 0.6 is 0 Å². The average molecular weight is 313 g/mol. The van der Waals surface area contributed by atoms with E-state index in [1.807, 2.05) is 30.3 Å². The van der Waals surface area contributed by atoms with Gasteiger partial charge in [-0.1, -0.05) is 42.5 Å². The lowest BCUT2D eigenvalue weighted by molar-refractivity contribution is 0.0864. The second-order valence-electron chi connectivity index (χ2n) is 6.01. The Hall–Kier alpha value is -2.20. The summed E-state index contributed by atoms with van der Waals surface area (Å²) in [6.07, 6.45) is 2.52. The van der Waals surface area contributed by atoms with Crippen molar-refractivity contribution in [1.82, 2.24) is 5.32 Å². The number of hydrogen-bond acceptors (Lipinski definition) is 2. The van der Waals surface area contributed by atoms with Gasteiger partial charge in [-0.2, -0.15) is 0 Å². The molecule has 23 heavy (non-hydrogen) atoms. The Balaban J connectivity index is 1.85. The smallest absolute Gasteiger partial charge is 0.255 e. The molecular formula is C19H20FNO2. The molecule has 0 radical (unpaired) electrons. The molecule has 1 fully saturated rings. The van der Waals surface area contributed by atoms with Gasteiger partial charge < -0.3 is 10.4 Å². The van der Waals surface area contributed by atoms with E-state index in [-0.39, 0.29) is 23.6 Å². The van der Waals surface area contributed by atoms with Crippen molar-refractivity contribution >= 4 is 5.91 Å². The first-order valence-corrected chi connectivity index (χ1v) is 7.98. The summed E-state index contributed by atoms with van der Waals surface area (Å²) in [4.78, 5) is 12.6. The molecule has 1 saturated carbocycles. The lowest BCUT2D eigenvalue weighted by Gasteiger charge is -2.26. The van der Waals surface area contributed by atoms with Gasteiger partial charge in [-0.05, 0) is 42.9 Å². The number of aliphatic hydroxyl groups is 1. The Bertz CT molecular complexity index is 679. The molecule has 1 amide bonds. The quantitative estimate of drug-likeness (QED) is 0.911. The predicted octanol–water partition coefficient (Wildman–Crippen LogP) is 3.53. The van der Waals surface area contributed by atoms with Crippen LogP contribution in [0.3, 0.4) is 0 Å². The third-order valence-corrected chi connectivity index (χ3v) is 4.36. The molecule has 0 unspecified atom stereocenters. The van der Waals surface area contributed by atoms with Crippen LogP contribution in [0, 0.1) is 5.82 Å². The lowest BCUT2D eigenvalue weighted by Crippen LogP contribution is -2.39. The number of carbonyl (C=O) groups excluding carboxylic acids is 1. The Morgan fingerprint density at radius 1 is 1.00 bits per heavy atom. The van der Waals surface area contributed by atoms with Crippen LogP contribution in [-0.2, 0) is 0 Å². The van der Waals surface area contributed by atoms with Gasteiger partial charge in [-0.3, -0.25) is 4.79 Å². The fourth-order valence-electron chi connectivity index (χ4n) is 3.09. The molecule has 2 aromatic rings. The summed E-state index contributed by atoms with van der Waals surface area (Å²) in [5.74, 6) is -0.900. The highest BCUT2D eigenvalue weighted by Gasteiger charge is 2.24. The Kier molecular flexibility index (Phi) is 4.72. The third kappa shape index (κ3) is 3.59. The van der Waals surface area contributed by atoms with Gasteiger partial charge in [0.15, 0.2) is 0 Å². The lowest BCUT2D eigenvalue weighted by atomic mass is 9.92. The summed E-state index contributed by atoms with van der Waals surface area (Å²) in [7, 11) is 0. The maximum atomic E-state index is 14.3. The normalized spacial score (nSPS) is 21.0. The van der Waals surface area contributed by atoms with Gasteiger partial charge in [0.25, 0.3) is 5.91 Å². The Labute approximate surface area is 135 Å². The Morgan fingerprint density at radius 2 is 1.70 bits per heavy atom. The molecule has 0 spiro atoms. The number of carbonyl (C=O) groups is 1. The van der Waals surface area contributed by atoms with Crippen LogP contribution in [0.5, 0.6) is 0 Å². The number of halogens is 1. The van der Waals surface area contributed by atoms with Gasteiger partial charge in [0, 0.05) is 6.04 Å². The summed E-state index contributed by atoms with van der Waals surface area (Å²) in [5, 5.41) is 12.5. The number of nitrogens with one attached hydrogen (secondary N) is 1. The highest BCUT2D eigenvalue weighted by Crippen LogP contribution is 2.26. The maximum Gasteiger partial charge on any atom is 0.255 e. The summed E-state index contributed by atoms with van der Waals surface area (Å²) in [6.45, 7) is 0. The fourth-order valence-corrected chi connectivity index (χ4v) is 3.09. The molecule has 0 heterocycles. The van der Waals surface area contributed by atoms with Crippen LogP contribution in [0.15, 0.2) is 48.5 Å². The van der Waals surface area contributed by atoms with Crippen LogP contribution in [0.4, 0.5) is 4.39 Å². The second-order valence-corrected chi connectivity index (χ2v) is 6.01. The number of rotatable bonds is 3. The molecule has 1 aliphatic rings. The molecule has 1 aliphatic carbocycles. The van der Waals surface area contributed by atoms with E-state index < -0.39 is 5.82 Å². The van der Waals surface area contributed by atoms with Crippen LogP contribution in [0.25, 0.3) is 11.1 Å². The van der Waals surface area contributed by atoms with E-state index in [4.69, 9.17) is 0 Å². The van der Waals surface area contributed by atoms with Crippen molar-refractivity contribution in [2.45, 2.75) is 37.8 Å². The van der Waals surface area contributed by atoms with E-state index in [2.05, 4.69) is 5.32 Å². The van der Waals surface area contributed by atoms with Gasteiger partial charge in [0.2, 0.25) is 0 Å². The van der Waals surface area contributed by atoms with Crippen LogP contribution in [0.1, 0.15) is 36.0 Å². The maximum absolute atomic E-state index is 14.3. The summed E-state index contributed by atoms with van der Waals surface area (Å²) >= 11 is 0. The predicted molar refractivity (Wildman–Crippen MR) is 87.6 cm³/mol. The van der Waals surface area contributed by atoms with E-state index in [1.165, 1.54) is 6.07 Å². The van der Waals surface area contributed by atoms with Gasteiger partial charge in [0.1, 0.15) is 5.82 Å². The van der Waals surface area contributed by atoms with E-state index in [9.17, 15) is 14.3 Å². The van der Waals surface area contributed by atoms with Gasteiger partial charge in [-0.25, -0.2) is 4.39 Å². The molecule has 3 rings (SSSR count). The minimum atomic E-state index is -0.514. The van der Waals surface area contributed by atoms with Crippen molar-refractivity contribution in [3.63, 3.8) is 0 Å². The number of aliphatic hydroxyl groups excluding tert-OH is 1. The molecule has 3 nitrogen and oxygen atoms in total. The summed E-state index contributed by atoms with van der Waals surface area (Å²) in [5.41, 5.74) is 1.50. The summed E-state index contributed by atoms with van der Waals surface area (Å²) < 4.78 is 14.3. The first-order chi connectivity index (χ1) is 11.1. The minimum absolute atomic E-state index is 0.00544. The molecule has 4 heteroatoms. The zero-order valence-corrected chi connectivity index (χ0v) is 12.8. The first-order valence-electron chi connectivity index (χ1n) is 7.98. The zero-order valence-electron chi connectivity index (χ0n) is 12.8. The molecule has 120 valence electrons. The highest BCUT2D eigenvalue weighted by molar-refractivity contribution is 6.01. The van der Waals surface area contributed by atoms with E-state index in [0.29, 0.717) is 18.4 Å². The zero-order chi connectivity index (χ0) is 16.2. The van der Waals surface area contributed by atoms with Crippen LogP contribution in [0.2, 0.25) is 0 Å². The molecule has 0 atom stereocenters. The highest BCUT2D eigenvalue weighted by atomic mass is 19.1. The average Bonchev–Trinajstić information content (AvgIpc) is 2.57. The van der Waals surface area contributed by atoms with Crippen LogP contribution < -0.4 is 5.32 Å². The van der Waals surface area contributed by atoms with Crippen molar-refractivity contribution in [2.24, 2.45) is 0 Å². The molecule has 2 N–H and O–H groups in total. The van der Waals surface area contributed by atoms with Crippen molar-refractivity contribution in [3.05, 3.63) is 59.9 Å². The molecule has 0 bridgehead atoms. The van der Waals surface area contributed by atoms with E-state index >= 15 is 0 Å². The van der Waals surface area contributed by atoms with Gasteiger partial charge in [-0.15, -0.1) is 0 Å². The van der Waals surface area contributed by atoms with Crippen molar-refractivity contribution in [1.29, 1.82) is 0 Å². The number of benzene rings is 2. The van der Waals surface area contributed by atoms with Gasteiger partial charge >= 0.3 is 0 Å². The number of amides is 1. The van der Waals surface area contributed by atoms with E-state index in [1.54, 1.807) is 12.1 Å². The molecule has 0 saturated heterocycles. The second kappa shape index (κ2) is 6.92. The monoisotopic (exact) mass is 313 g/mol. The first kappa shape index (κ1) is 15.7. The fraction of sp³-hybridized carbons (Fsp3) is 0.316. The molecule has 0 aliphatic heterocycles. The largest absolute Gasteiger partial charge is 0.393 e. The SMILES string of the molecule is O=C(NC1CCC(O)CC1)c1c(F)cccc1-c1ccccc1. The molecular weight excluding hydrogens is 293 g/mol.